The summed E-state index contributed by atoms with van der Waals surface area (Å²) in [6.45, 7) is 1.83. The maximum atomic E-state index is 11.9. The zero-order valence-electron chi connectivity index (χ0n) is 11.0. The molecule has 2 rings (SSSR count). The van der Waals surface area contributed by atoms with E-state index >= 15 is 0 Å². The van der Waals surface area contributed by atoms with Crippen LogP contribution < -0.4 is 22.2 Å². The van der Waals surface area contributed by atoms with Crippen LogP contribution in [0.15, 0.2) is 46.2 Å². The molecular formula is C13H17N5O2. The Morgan fingerprint density at radius 3 is 2.75 bits per heavy atom. The predicted molar refractivity (Wildman–Crippen MR) is 76.7 cm³/mol. The lowest BCUT2D eigenvalue weighted by Crippen LogP contribution is -2.28. The molecule has 106 valence electrons. The number of aromatic nitrogens is 3. The third kappa shape index (κ3) is 3.55. The van der Waals surface area contributed by atoms with Gasteiger partial charge in [-0.3, -0.25) is 9.59 Å². The lowest BCUT2D eigenvalue weighted by molar-refractivity contribution is 0.503. The highest BCUT2D eigenvalue weighted by Gasteiger charge is 2.01. The molecule has 0 aliphatic heterocycles. The Morgan fingerprint density at radius 2 is 2.05 bits per heavy atom. The van der Waals surface area contributed by atoms with E-state index in [0.717, 1.165) is 0 Å². The third-order valence-corrected chi connectivity index (χ3v) is 2.79. The maximum absolute atomic E-state index is 11.9. The van der Waals surface area contributed by atoms with Crippen molar-refractivity contribution in [1.82, 2.24) is 14.3 Å². The van der Waals surface area contributed by atoms with Gasteiger partial charge < -0.3 is 15.6 Å². The summed E-state index contributed by atoms with van der Waals surface area (Å²) in [5, 5.41) is 7.05. The topological polar surface area (TPSA) is 94.9 Å². The first-order valence-corrected chi connectivity index (χ1v) is 6.37. The number of hydrogen-bond donors (Lipinski definition) is 2. The van der Waals surface area contributed by atoms with Gasteiger partial charge in [-0.1, -0.05) is 6.07 Å². The predicted octanol–water partition coefficient (Wildman–Crippen LogP) is -0.524. The van der Waals surface area contributed by atoms with E-state index < -0.39 is 0 Å². The summed E-state index contributed by atoms with van der Waals surface area (Å²) in [4.78, 5) is 23.4. The number of anilines is 1. The molecule has 0 bridgehead atoms. The molecule has 7 heteroatoms. The monoisotopic (exact) mass is 275 g/mol. The van der Waals surface area contributed by atoms with E-state index in [1.807, 2.05) is 0 Å². The highest BCUT2D eigenvalue weighted by atomic mass is 16.1. The molecule has 0 spiro atoms. The number of pyridine rings is 1. The van der Waals surface area contributed by atoms with Crippen LogP contribution in [-0.4, -0.2) is 27.4 Å². The summed E-state index contributed by atoms with van der Waals surface area (Å²) < 4.78 is 2.86. The molecule has 0 aromatic carbocycles. The molecule has 0 saturated heterocycles. The molecule has 0 aliphatic carbocycles. The summed E-state index contributed by atoms with van der Waals surface area (Å²) in [6.07, 6.45) is 3.26. The second-order valence-electron chi connectivity index (χ2n) is 4.25. The molecule has 0 fully saturated rings. The van der Waals surface area contributed by atoms with Gasteiger partial charge in [-0.05, 0) is 6.07 Å². The number of nitrogens with one attached hydrogen (secondary N) is 1. The number of hydrogen-bond acceptors (Lipinski definition) is 5. The zero-order chi connectivity index (χ0) is 14.4. The third-order valence-electron chi connectivity index (χ3n) is 2.79. The quantitative estimate of drug-likeness (QED) is 0.739. The lowest BCUT2D eigenvalue weighted by atomic mass is 10.4. The van der Waals surface area contributed by atoms with Gasteiger partial charge in [0, 0.05) is 38.0 Å². The summed E-state index contributed by atoms with van der Waals surface area (Å²) in [7, 11) is 0. The van der Waals surface area contributed by atoms with Crippen LogP contribution in [0.5, 0.6) is 0 Å². The summed E-state index contributed by atoms with van der Waals surface area (Å²) in [6, 6.07) is 6.41. The lowest BCUT2D eigenvalue weighted by Gasteiger charge is -2.08. The fourth-order valence-corrected chi connectivity index (χ4v) is 1.76. The van der Waals surface area contributed by atoms with Crippen molar-refractivity contribution in [1.29, 1.82) is 0 Å². The Morgan fingerprint density at radius 1 is 1.20 bits per heavy atom. The van der Waals surface area contributed by atoms with Crippen LogP contribution in [0.2, 0.25) is 0 Å². The van der Waals surface area contributed by atoms with Crippen LogP contribution in [0.1, 0.15) is 0 Å². The van der Waals surface area contributed by atoms with Gasteiger partial charge in [0.15, 0.2) is 0 Å². The first kappa shape index (κ1) is 14.0. The first-order chi connectivity index (χ1) is 9.70. The summed E-state index contributed by atoms with van der Waals surface area (Å²) in [5.74, 6) is 0. The minimum atomic E-state index is -0.212. The number of rotatable bonds is 6. The van der Waals surface area contributed by atoms with Crippen molar-refractivity contribution in [2.24, 2.45) is 5.73 Å². The van der Waals surface area contributed by atoms with E-state index in [-0.39, 0.29) is 11.1 Å². The van der Waals surface area contributed by atoms with Gasteiger partial charge in [0.25, 0.3) is 11.1 Å². The molecule has 2 aromatic heterocycles. The minimum Gasteiger partial charge on any atom is -0.382 e. The van der Waals surface area contributed by atoms with Crippen molar-refractivity contribution >= 4 is 5.69 Å². The van der Waals surface area contributed by atoms with E-state index in [2.05, 4.69) is 10.4 Å². The van der Waals surface area contributed by atoms with Gasteiger partial charge in [0.2, 0.25) is 0 Å². The van der Waals surface area contributed by atoms with Crippen molar-refractivity contribution in [3.63, 3.8) is 0 Å². The molecule has 2 heterocycles. The van der Waals surface area contributed by atoms with Crippen molar-refractivity contribution in [2.45, 2.75) is 13.1 Å². The van der Waals surface area contributed by atoms with E-state index in [4.69, 9.17) is 5.73 Å². The fraction of sp³-hybridized carbons (Fsp3) is 0.308. The number of aryl methyl sites for hydroxylation is 2. The molecule has 0 saturated carbocycles. The number of nitrogens with zero attached hydrogens (tertiary/aromatic N) is 3. The Balaban J connectivity index is 2.05. The van der Waals surface area contributed by atoms with Crippen molar-refractivity contribution in [2.75, 3.05) is 18.4 Å². The largest absolute Gasteiger partial charge is 0.382 e. The van der Waals surface area contributed by atoms with Crippen LogP contribution in [0.3, 0.4) is 0 Å². The van der Waals surface area contributed by atoms with Crippen molar-refractivity contribution in [3.8, 4) is 0 Å². The Bertz CT molecular complexity index is 677. The molecule has 0 unspecified atom stereocenters. The van der Waals surface area contributed by atoms with Gasteiger partial charge in [0.1, 0.15) is 0 Å². The van der Waals surface area contributed by atoms with E-state index in [9.17, 15) is 9.59 Å². The van der Waals surface area contributed by atoms with Crippen LogP contribution in [0.4, 0.5) is 5.69 Å². The van der Waals surface area contributed by atoms with Crippen LogP contribution in [0, 0.1) is 0 Å². The zero-order valence-corrected chi connectivity index (χ0v) is 11.0. The Labute approximate surface area is 115 Å². The molecule has 3 N–H and O–H groups in total. The van der Waals surface area contributed by atoms with Crippen LogP contribution in [0.25, 0.3) is 0 Å². The smallest absolute Gasteiger partial charge is 0.268 e. The highest BCUT2D eigenvalue weighted by Crippen LogP contribution is 1.98. The van der Waals surface area contributed by atoms with Crippen LogP contribution in [-0.2, 0) is 13.1 Å². The maximum Gasteiger partial charge on any atom is 0.268 e. The van der Waals surface area contributed by atoms with Gasteiger partial charge in [-0.15, -0.1) is 0 Å². The van der Waals surface area contributed by atoms with Gasteiger partial charge >= 0.3 is 0 Å². The summed E-state index contributed by atoms with van der Waals surface area (Å²) >= 11 is 0. The standard InChI is InChI=1S/C13H17N5O2/c14-4-5-15-11-9-13(20)18(16-10-11)8-7-17-6-2-1-3-12(17)19/h1-3,6,9-10,15H,4-5,7-8,14H2. The number of nitrogens with two attached hydrogens (primary N) is 1. The average molecular weight is 275 g/mol. The SMILES string of the molecule is NCCNc1cnn(CCn2ccccc2=O)c(=O)c1. The minimum absolute atomic E-state index is 0.0956. The molecule has 20 heavy (non-hydrogen) atoms. The van der Waals surface area contributed by atoms with Gasteiger partial charge in [0.05, 0.1) is 18.4 Å². The Kier molecular flexibility index (Phi) is 4.67. The van der Waals surface area contributed by atoms with E-state index in [1.165, 1.54) is 21.4 Å². The molecular weight excluding hydrogens is 258 g/mol. The fourth-order valence-electron chi connectivity index (χ4n) is 1.76. The normalized spacial score (nSPS) is 10.4. The molecule has 0 aliphatic rings. The summed E-state index contributed by atoms with van der Waals surface area (Å²) in [5.41, 5.74) is 5.71. The van der Waals surface area contributed by atoms with Crippen molar-refractivity contribution < 1.29 is 0 Å². The van der Waals surface area contributed by atoms with Gasteiger partial charge in [-0.2, -0.15) is 5.10 Å². The molecule has 2 aromatic rings. The van der Waals surface area contributed by atoms with E-state index in [0.29, 0.717) is 31.9 Å². The second-order valence-corrected chi connectivity index (χ2v) is 4.25. The van der Waals surface area contributed by atoms with E-state index in [1.54, 1.807) is 24.5 Å². The van der Waals surface area contributed by atoms with Gasteiger partial charge in [-0.25, -0.2) is 4.68 Å². The average Bonchev–Trinajstić information content (AvgIpc) is 2.45. The van der Waals surface area contributed by atoms with Crippen molar-refractivity contribution in [3.05, 3.63) is 57.4 Å². The molecule has 0 atom stereocenters. The highest BCUT2D eigenvalue weighted by molar-refractivity contribution is 5.38. The second kappa shape index (κ2) is 6.67. The van der Waals surface area contributed by atoms with Crippen LogP contribution >= 0.6 is 0 Å². The first-order valence-electron chi connectivity index (χ1n) is 6.37. The Hall–Kier alpha value is -2.41. The molecule has 0 radical (unpaired) electrons. The molecule has 7 nitrogen and oxygen atoms in total. The molecule has 0 amide bonds.